The zero-order chi connectivity index (χ0) is 20.9. The number of allylic oxidation sites excluding steroid dienone is 1. The Kier molecular flexibility index (Phi) is 6.61. The van der Waals surface area contributed by atoms with Crippen molar-refractivity contribution in [2.24, 2.45) is 0 Å². The molecule has 0 fully saturated rings. The van der Waals surface area contributed by atoms with Crippen molar-refractivity contribution in [1.82, 2.24) is 0 Å². The van der Waals surface area contributed by atoms with Gasteiger partial charge in [0.25, 0.3) is 0 Å². The molecule has 2 aromatic rings. The summed E-state index contributed by atoms with van der Waals surface area (Å²) in [6.07, 6.45) is -2.53. The van der Waals surface area contributed by atoms with Crippen molar-refractivity contribution < 1.29 is 41.0 Å². The number of carbonyl (C=O) groups excluding carboxylic acids is 1. The van der Waals surface area contributed by atoms with Gasteiger partial charge < -0.3 is 14.2 Å². The summed E-state index contributed by atoms with van der Waals surface area (Å²) in [7, 11) is 2.43. The summed E-state index contributed by atoms with van der Waals surface area (Å²) >= 11 is 0. The molecule has 0 aliphatic rings. The first-order valence-electron chi connectivity index (χ1n) is 7.76. The number of rotatable bonds is 7. The van der Waals surface area contributed by atoms with Gasteiger partial charge in [-0.25, -0.2) is 0 Å². The average Bonchev–Trinajstić information content (AvgIpc) is 2.65. The molecule has 2 aromatic carbocycles. The van der Waals surface area contributed by atoms with Crippen LogP contribution in [0.5, 0.6) is 17.2 Å². The number of alkyl halides is 5. The minimum atomic E-state index is -4.68. The van der Waals surface area contributed by atoms with Crippen LogP contribution >= 0.6 is 0 Å². The zero-order valence-electron chi connectivity index (χ0n) is 14.7. The number of methoxy groups -OCH3 is 2. The van der Waals surface area contributed by atoms with Crippen LogP contribution in [0.2, 0.25) is 0 Å². The number of hydrogen-bond donors (Lipinski definition) is 0. The molecule has 0 saturated heterocycles. The van der Waals surface area contributed by atoms with Gasteiger partial charge in [-0.1, -0.05) is 24.3 Å². The van der Waals surface area contributed by atoms with Crippen LogP contribution in [0.3, 0.4) is 0 Å². The van der Waals surface area contributed by atoms with Crippen LogP contribution in [-0.4, -0.2) is 26.6 Å². The third-order valence-corrected chi connectivity index (χ3v) is 3.61. The fourth-order valence-corrected chi connectivity index (χ4v) is 2.41. The molecule has 0 saturated carbocycles. The maximum atomic E-state index is 13.0. The average molecular weight is 402 g/mol. The standard InChI is InChI=1S/C19H15F5O4/c1-26-15-9-11(10-16(27-2)17(15)28-18(20)21)7-8-14(25)12-5-3-4-6-13(12)19(22,23)24/h3-10,18H,1-2H3/b8-7+. The van der Waals surface area contributed by atoms with Crippen molar-refractivity contribution >= 4 is 11.9 Å². The van der Waals surface area contributed by atoms with Crippen LogP contribution in [-0.2, 0) is 6.18 Å². The molecule has 0 amide bonds. The summed E-state index contributed by atoms with van der Waals surface area (Å²) in [4.78, 5) is 12.2. The second-order valence-corrected chi connectivity index (χ2v) is 5.37. The van der Waals surface area contributed by atoms with Crippen molar-refractivity contribution in [2.45, 2.75) is 12.8 Å². The molecule has 150 valence electrons. The Morgan fingerprint density at radius 2 is 1.61 bits per heavy atom. The van der Waals surface area contributed by atoms with Crippen LogP contribution in [0.1, 0.15) is 21.5 Å². The number of ether oxygens (including phenoxy) is 3. The Hall–Kier alpha value is -3.10. The van der Waals surface area contributed by atoms with Crippen molar-refractivity contribution in [3.8, 4) is 17.2 Å². The Morgan fingerprint density at radius 1 is 1.04 bits per heavy atom. The monoisotopic (exact) mass is 402 g/mol. The third kappa shape index (κ3) is 4.99. The molecule has 0 aliphatic heterocycles. The lowest BCUT2D eigenvalue weighted by Crippen LogP contribution is -2.11. The second-order valence-electron chi connectivity index (χ2n) is 5.37. The van der Waals surface area contributed by atoms with E-state index in [0.717, 1.165) is 18.2 Å². The van der Waals surface area contributed by atoms with Gasteiger partial charge >= 0.3 is 12.8 Å². The Bertz CT molecular complexity index is 850. The molecule has 0 aromatic heterocycles. The van der Waals surface area contributed by atoms with Gasteiger partial charge in [0.15, 0.2) is 17.3 Å². The molecule has 4 nitrogen and oxygen atoms in total. The zero-order valence-corrected chi connectivity index (χ0v) is 14.7. The van der Waals surface area contributed by atoms with Gasteiger partial charge in [0, 0.05) is 5.56 Å². The van der Waals surface area contributed by atoms with Crippen LogP contribution in [0.25, 0.3) is 6.08 Å². The van der Waals surface area contributed by atoms with Gasteiger partial charge in [-0.2, -0.15) is 22.0 Å². The van der Waals surface area contributed by atoms with Gasteiger partial charge in [0.2, 0.25) is 5.75 Å². The van der Waals surface area contributed by atoms with Crippen molar-refractivity contribution in [1.29, 1.82) is 0 Å². The van der Waals surface area contributed by atoms with Crippen LogP contribution < -0.4 is 14.2 Å². The molecule has 0 heterocycles. The number of halogens is 5. The molecule has 0 atom stereocenters. The molecule has 0 N–H and O–H groups in total. The Balaban J connectivity index is 2.38. The molecule has 0 unspecified atom stereocenters. The molecule has 28 heavy (non-hydrogen) atoms. The van der Waals surface area contributed by atoms with Gasteiger partial charge in [-0.05, 0) is 29.8 Å². The van der Waals surface area contributed by atoms with Gasteiger partial charge in [-0.3, -0.25) is 4.79 Å². The predicted molar refractivity (Wildman–Crippen MR) is 91.0 cm³/mol. The van der Waals surface area contributed by atoms with E-state index in [1.165, 1.54) is 44.6 Å². The summed E-state index contributed by atoms with van der Waals surface area (Å²) < 4.78 is 78.5. The molecule has 0 aliphatic carbocycles. The van der Waals surface area contributed by atoms with E-state index in [1.807, 2.05) is 0 Å². The first-order chi connectivity index (χ1) is 13.2. The highest BCUT2D eigenvalue weighted by Crippen LogP contribution is 2.40. The quantitative estimate of drug-likeness (QED) is 0.362. The van der Waals surface area contributed by atoms with Gasteiger partial charge in [0.05, 0.1) is 19.8 Å². The van der Waals surface area contributed by atoms with E-state index in [9.17, 15) is 26.7 Å². The van der Waals surface area contributed by atoms with Gasteiger partial charge in [-0.15, -0.1) is 0 Å². The number of benzene rings is 2. The second kappa shape index (κ2) is 8.73. The molecule has 0 bridgehead atoms. The number of ketones is 1. The maximum absolute atomic E-state index is 13.0. The predicted octanol–water partition coefficient (Wildman–Crippen LogP) is 5.22. The van der Waals surface area contributed by atoms with E-state index in [1.54, 1.807) is 0 Å². The summed E-state index contributed by atoms with van der Waals surface area (Å²) in [6.45, 7) is -3.12. The van der Waals surface area contributed by atoms with E-state index in [2.05, 4.69) is 4.74 Å². The molecule has 9 heteroatoms. The van der Waals surface area contributed by atoms with Crippen molar-refractivity contribution in [3.63, 3.8) is 0 Å². The van der Waals surface area contributed by atoms with E-state index >= 15 is 0 Å². The highest BCUT2D eigenvalue weighted by molar-refractivity contribution is 6.08. The van der Waals surface area contributed by atoms with Crippen LogP contribution in [0, 0.1) is 0 Å². The van der Waals surface area contributed by atoms with E-state index in [-0.39, 0.29) is 22.8 Å². The first-order valence-corrected chi connectivity index (χ1v) is 7.76. The Morgan fingerprint density at radius 3 is 2.11 bits per heavy atom. The summed E-state index contributed by atoms with van der Waals surface area (Å²) in [5.41, 5.74) is -1.29. The highest BCUT2D eigenvalue weighted by atomic mass is 19.4. The Labute approximate surface area is 157 Å². The fourth-order valence-electron chi connectivity index (χ4n) is 2.41. The minimum Gasteiger partial charge on any atom is -0.493 e. The first kappa shape index (κ1) is 21.2. The number of hydrogen-bond acceptors (Lipinski definition) is 4. The molecule has 2 rings (SSSR count). The van der Waals surface area contributed by atoms with Crippen molar-refractivity contribution in [2.75, 3.05) is 14.2 Å². The highest BCUT2D eigenvalue weighted by Gasteiger charge is 2.34. The van der Waals surface area contributed by atoms with Crippen molar-refractivity contribution in [3.05, 3.63) is 59.2 Å². The number of carbonyl (C=O) groups is 1. The summed E-state index contributed by atoms with van der Waals surface area (Å²) in [6, 6.07) is 6.93. The molecule has 0 spiro atoms. The van der Waals surface area contributed by atoms with E-state index in [4.69, 9.17) is 9.47 Å². The molecular weight excluding hydrogens is 387 g/mol. The van der Waals surface area contributed by atoms with E-state index < -0.39 is 29.7 Å². The minimum absolute atomic E-state index is 0.0950. The SMILES string of the molecule is COc1cc(/C=C/C(=O)c2ccccc2C(F)(F)F)cc(OC)c1OC(F)F. The van der Waals surface area contributed by atoms with Crippen LogP contribution in [0.4, 0.5) is 22.0 Å². The largest absolute Gasteiger partial charge is 0.493 e. The summed E-state index contributed by atoms with van der Waals surface area (Å²) in [5.74, 6) is -1.41. The molecular formula is C19H15F5O4. The smallest absolute Gasteiger partial charge is 0.417 e. The van der Waals surface area contributed by atoms with Crippen LogP contribution in [0.15, 0.2) is 42.5 Å². The van der Waals surface area contributed by atoms with E-state index in [0.29, 0.717) is 0 Å². The topological polar surface area (TPSA) is 44.8 Å². The lowest BCUT2D eigenvalue weighted by atomic mass is 10.0. The lowest BCUT2D eigenvalue weighted by Gasteiger charge is -2.14. The fraction of sp³-hybridized carbons (Fsp3) is 0.211. The third-order valence-electron chi connectivity index (χ3n) is 3.61. The maximum Gasteiger partial charge on any atom is 0.417 e. The lowest BCUT2D eigenvalue weighted by molar-refractivity contribution is -0.137. The van der Waals surface area contributed by atoms with Gasteiger partial charge in [0.1, 0.15) is 0 Å². The normalized spacial score (nSPS) is 11.7. The summed E-state index contributed by atoms with van der Waals surface area (Å²) in [5, 5.41) is 0. The molecule has 0 radical (unpaired) electrons.